The van der Waals surface area contributed by atoms with E-state index in [4.69, 9.17) is 9.47 Å². The van der Waals surface area contributed by atoms with Gasteiger partial charge in [-0.25, -0.2) is 0 Å². The number of benzene rings is 1. The molecule has 1 atom stereocenters. The lowest BCUT2D eigenvalue weighted by Crippen LogP contribution is -2.27. The highest BCUT2D eigenvalue weighted by molar-refractivity contribution is 5.63. The number of ether oxygens (including phenoxy) is 2. The second kappa shape index (κ2) is 6.38. The molecule has 0 aromatic heterocycles. The lowest BCUT2D eigenvalue weighted by molar-refractivity contribution is -0.384. The molecule has 6 heteroatoms. The molecule has 1 saturated heterocycles. The van der Waals surface area contributed by atoms with Crippen LogP contribution in [0.25, 0.3) is 0 Å². The van der Waals surface area contributed by atoms with Crippen LogP contribution < -0.4 is 10.1 Å². The van der Waals surface area contributed by atoms with Gasteiger partial charge in [-0.2, -0.15) is 0 Å². The van der Waals surface area contributed by atoms with Crippen molar-refractivity contribution >= 4 is 11.4 Å². The van der Waals surface area contributed by atoms with Crippen LogP contribution in [-0.2, 0) is 4.74 Å². The van der Waals surface area contributed by atoms with E-state index in [0.29, 0.717) is 18.0 Å². The minimum atomic E-state index is -0.410. The molecule has 6 nitrogen and oxygen atoms in total. The molecule has 104 valence electrons. The standard InChI is InChI=1S/C13H18N2O4/c1-18-10-5-6-12(13(8-10)15(16)17)14-9-11-4-2-3-7-19-11/h5-6,8,11,14H,2-4,7,9H2,1H3. The maximum Gasteiger partial charge on any atom is 0.296 e. The van der Waals surface area contributed by atoms with E-state index in [-0.39, 0.29) is 11.8 Å². The number of methoxy groups -OCH3 is 1. The average molecular weight is 266 g/mol. The Kier molecular flexibility index (Phi) is 4.57. The summed E-state index contributed by atoms with van der Waals surface area (Å²) in [5.74, 6) is 0.478. The summed E-state index contributed by atoms with van der Waals surface area (Å²) in [6.07, 6.45) is 3.38. The van der Waals surface area contributed by atoms with E-state index in [1.807, 2.05) is 0 Å². The van der Waals surface area contributed by atoms with Gasteiger partial charge in [0.15, 0.2) is 0 Å². The molecule has 0 radical (unpaired) electrons. The Morgan fingerprint density at radius 2 is 2.37 bits per heavy atom. The maximum atomic E-state index is 11.0. The van der Waals surface area contributed by atoms with Crippen molar-refractivity contribution in [3.8, 4) is 5.75 Å². The van der Waals surface area contributed by atoms with E-state index in [9.17, 15) is 10.1 Å². The van der Waals surface area contributed by atoms with Gasteiger partial charge in [-0.05, 0) is 31.4 Å². The quantitative estimate of drug-likeness (QED) is 0.655. The zero-order valence-corrected chi connectivity index (χ0v) is 10.9. The summed E-state index contributed by atoms with van der Waals surface area (Å²) in [4.78, 5) is 10.6. The second-order valence-electron chi connectivity index (χ2n) is 4.51. The van der Waals surface area contributed by atoms with Crippen LogP contribution in [-0.4, -0.2) is 31.3 Å². The molecule has 0 saturated carbocycles. The zero-order chi connectivity index (χ0) is 13.7. The van der Waals surface area contributed by atoms with Crippen LogP contribution in [0.15, 0.2) is 18.2 Å². The number of nitro groups is 1. The predicted molar refractivity (Wildman–Crippen MR) is 71.7 cm³/mol. The molecule has 1 aromatic carbocycles. The van der Waals surface area contributed by atoms with Crippen LogP contribution in [0.5, 0.6) is 5.75 Å². The van der Waals surface area contributed by atoms with E-state index in [2.05, 4.69) is 5.32 Å². The summed E-state index contributed by atoms with van der Waals surface area (Å²) < 4.78 is 10.6. The Balaban J connectivity index is 2.04. The first-order valence-corrected chi connectivity index (χ1v) is 6.38. The summed E-state index contributed by atoms with van der Waals surface area (Å²) in [5.41, 5.74) is 0.523. The predicted octanol–water partition coefficient (Wildman–Crippen LogP) is 2.58. The van der Waals surface area contributed by atoms with Crippen molar-refractivity contribution in [2.75, 3.05) is 25.6 Å². The summed E-state index contributed by atoms with van der Waals surface area (Å²) in [6, 6.07) is 4.79. The number of rotatable bonds is 5. The van der Waals surface area contributed by atoms with Crippen molar-refractivity contribution in [2.45, 2.75) is 25.4 Å². The van der Waals surface area contributed by atoms with E-state index < -0.39 is 4.92 Å². The summed E-state index contributed by atoms with van der Waals surface area (Å²) in [6.45, 7) is 1.37. The first-order valence-electron chi connectivity index (χ1n) is 6.38. The molecule has 0 amide bonds. The van der Waals surface area contributed by atoms with Crippen molar-refractivity contribution in [3.05, 3.63) is 28.3 Å². The SMILES string of the molecule is COc1ccc(NCC2CCCCO2)c([N+](=O)[O-])c1. The third-order valence-electron chi connectivity index (χ3n) is 3.20. The van der Waals surface area contributed by atoms with Crippen molar-refractivity contribution in [1.29, 1.82) is 0 Å². The van der Waals surface area contributed by atoms with Crippen LogP contribution in [0.3, 0.4) is 0 Å². The Morgan fingerprint density at radius 3 is 3.00 bits per heavy atom. The van der Waals surface area contributed by atoms with E-state index >= 15 is 0 Å². The summed E-state index contributed by atoms with van der Waals surface area (Å²) in [5, 5.41) is 14.1. The molecule has 1 aromatic rings. The molecule has 19 heavy (non-hydrogen) atoms. The Hall–Kier alpha value is -1.82. The average Bonchev–Trinajstić information content (AvgIpc) is 2.46. The molecule has 1 aliphatic heterocycles. The summed E-state index contributed by atoms with van der Waals surface area (Å²) >= 11 is 0. The van der Waals surface area contributed by atoms with Crippen molar-refractivity contribution in [2.24, 2.45) is 0 Å². The number of nitrogens with zero attached hydrogens (tertiary/aromatic N) is 1. The Morgan fingerprint density at radius 1 is 1.53 bits per heavy atom. The second-order valence-corrected chi connectivity index (χ2v) is 4.51. The van der Waals surface area contributed by atoms with Gasteiger partial charge in [-0.3, -0.25) is 10.1 Å². The fourth-order valence-electron chi connectivity index (χ4n) is 2.13. The topological polar surface area (TPSA) is 73.6 Å². The fraction of sp³-hybridized carbons (Fsp3) is 0.538. The van der Waals surface area contributed by atoms with Crippen molar-refractivity contribution in [3.63, 3.8) is 0 Å². The highest BCUT2D eigenvalue weighted by atomic mass is 16.6. The largest absolute Gasteiger partial charge is 0.496 e. The minimum Gasteiger partial charge on any atom is -0.496 e. The minimum absolute atomic E-state index is 0.0233. The molecule has 1 fully saturated rings. The molecule has 1 N–H and O–H groups in total. The lowest BCUT2D eigenvalue weighted by Gasteiger charge is -2.23. The number of hydrogen-bond donors (Lipinski definition) is 1. The van der Waals surface area contributed by atoms with Crippen LogP contribution in [0.2, 0.25) is 0 Å². The molecule has 0 bridgehead atoms. The molecule has 2 rings (SSSR count). The van der Waals surface area contributed by atoms with Gasteiger partial charge in [-0.15, -0.1) is 0 Å². The smallest absolute Gasteiger partial charge is 0.296 e. The van der Waals surface area contributed by atoms with Crippen molar-refractivity contribution in [1.82, 2.24) is 0 Å². The first kappa shape index (κ1) is 13.6. The van der Waals surface area contributed by atoms with Gasteiger partial charge >= 0.3 is 0 Å². The molecule has 1 heterocycles. The van der Waals surface area contributed by atoms with Crippen LogP contribution in [0.4, 0.5) is 11.4 Å². The van der Waals surface area contributed by atoms with E-state index in [1.54, 1.807) is 12.1 Å². The third kappa shape index (κ3) is 3.57. The molecule has 1 aliphatic rings. The Labute approximate surface area is 111 Å². The van der Waals surface area contributed by atoms with Gasteiger partial charge in [-0.1, -0.05) is 0 Å². The van der Waals surface area contributed by atoms with Gasteiger partial charge in [0.05, 0.1) is 24.2 Å². The molecular weight excluding hydrogens is 248 g/mol. The van der Waals surface area contributed by atoms with Gasteiger partial charge in [0, 0.05) is 13.2 Å². The normalized spacial score (nSPS) is 18.9. The van der Waals surface area contributed by atoms with Crippen LogP contribution in [0, 0.1) is 10.1 Å². The van der Waals surface area contributed by atoms with Gasteiger partial charge in [0.1, 0.15) is 11.4 Å². The molecule has 1 unspecified atom stereocenters. The van der Waals surface area contributed by atoms with E-state index in [0.717, 1.165) is 25.9 Å². The summed E-state index contributed by atoms with van der Waals surface area (Å²) in [7, 11) is 1.49. The highest BCUT2D eigenvalue weighted by Crippen LogP contribution is 2.29. The molecule has 0 spiro atoms. The third-order valence-corrected chi connectivity index (χ3v) is 3.20. The zero-order valence-electron chi connectivity index (χ0n) is 10.9. The van der Waals surface area contributed by atoms with Gasteiger partial charge in [0.25, 0.3) is 5.69 Å². The Bertz CT molecular complexity index is 444. The van der Waals surface area contributed by atoms with E-state index in [1.165, 1.54) is 13.2 Å². The fourth-order valence-corrected chi connectivity index (χ4v) is 2.13. The maximum absolute atomic E-state index is 11.0. The number of nitro benzene ring substituents is 1. The number of anilines is 1. The number of hydrogen-bond acceptors (Lipinski definition) is 5. The monoisotopic (exact) mass is 266 g/mol. The van der Waals surface area contributed by atoms with Crippen LogP contribution >= 0.6 is 0 Å². The lowest BCUT2D eigenvalue weighted by atomic mass is 10.1. The van der Waals surface area contributed by atoms with Gasteiger partial charge < -0.3 is 14.8 Å². The highest BCUT2D eigenvalue weighted by Gasteiger charge is 2.18. The van der Waals surface area contributed by atoms with Crippen LogP contribution in [0.1, 0.15) is 19.3 Å². The van der Waals surface area contributed by atoms with Gasteiger partial charge in [0.2, 0.25) is 0 Å². The molecule has 0 aliphatic carbocycles. The van der Waals surface area contributed by atoms with Crippen molar-refractivity contribution < 1.29 is 14.4 Å². The number of nitrogens with one attached hydrogen (secondary N) is 1. The molecular formula is C13H18N2O4. The first-order chi connectivity index (χ1) is 9.20.